The van der Waals surface area contributed by atoms with E-state index in [-0.39, 0.29) is 0 Å². The van der Waals surface area contributed by atoms with Crippen LogP contribution in [-0.2, 0) is 0 Å². The quantitative estimate of drug-likeness (QED) is 0.647. The van der Waals surface area contributed by atoms with E-state index in [4.69, 9.17) is 15.0 Å². The van der Waals surface area contributed by atoms with Crippen molar-refractivity contribution >= 4 is 6.16 Å². The Hall–Kier alpha value is -0.770. The minimum absolute atomic E-state index is 1.21. The van der Waals surface area contributed by atoms with Crippen molar-refractivity contribution in [2.24, 2.45) is 0 Å². The molecule has 0 aliphatic heterocycles. The molecule has 0 saturated heterocycles. The first-order valence-electron chi connectivity index (χ1n) is 4.17. The number of carboxylic acid groups (broad SMARTS) is 2. The lowest BCUT2D eigenvalue weighted by atomic mass is 10.4. The summed E-state index contributed by atoms with van der Waals surface area (Å²) in [6, 6.07) is 0. The van der Waals surface area contributed by atoms with Gasteiger partial charge < -0.3 is 14.7 Å². The number of rotatable bonds is 3. The lowest BCUT2D eigenvalue weighted by molar-refractivity contribution is -0.904. The third-order valence-corrected chi connectivity index (χ3v) is 2.29. The Bertz CT molecular complexity index is 109. The molecule has 0 amide bonds. The van der Waals surface area contributed by atoms with Crippen LogP contribution >= 0.6 is 0 Å². The van der Waals surface area contributed by atoms with Crippen LogP contribution in [0, 0.1) is 0 Å². The zero-order valence-electron chi connectivity index (χ0n) is 8.37. The summed E-state index contributed by atoms with van der Waals surface area (Å²) in [6.45, 7) is 10.5. The van der Waals surface area contributed by atoms with Gasteiger partial charge in [0.1, 0.15) is 0 Å². The maximum Gasteiger partial charge on any atom is 0.503 e. The summed E-state index contributed by atoms with van der Waals surface area (Å²) in [7, 11) is 2.29. The number of hydrogen-bond donors (Lipinski definition) is 2. The van der Waals surface area contributed by atoms with Crippen LogP contribution < -0.4 is 0 Å². The third kappa shape index (κ3) is 9.23. The van der Waals surface area contributed by atoms with Crippen molar-refractivity contribution in [3.63, 3.8) is 0 Å². The van der Waals surface area contributed by atoms with Crippen molar-refractivity contribution in [3.8, 4) is 0 Å². The van der Waals surface area contributed by atoms with Gasteiger partial charge in [0.2, 0.25) is 0 Å². The van der Waals surface area contributed by atoms with Crippen LogP contribution in [0.25, 0.3) is 0 Å². The highest BCUT2D eigenvalue weighted by Gasteiger charge is 2.10. The SMILES string of the molecule is CC[N+](C)(CC)CC.O=C(O)O. The molecule has 0 saturated carbocycles. The fourth-order valence-electron chi connectivity index (χ4n) is 0.671. The monoisotopic (exact) mass is 178 g/mol. The molecule has 0 aromatic rings. The molecule has 4 heteroatoms. The standard InChI is InChI=1S/C7H18N.CH2O3/c1-5-8(4,6-2)7-3;2-1(3)4/h5-7H2,1-4H3;(H2,2,3,4)/q+1;. The van der Waals surface area contributed by atoms with E-state index in [1.807, 2.05) is 0 Å². The van der Waals surface area contributed by atoms with E-state index in [0.29, 0.717) is 0 Å². The Morgan fingerprint density at radius 1 is 1.08 bits per heavy atom. The zero-order valence-corrected chi connectivity index (χ0v) is 8.37. The molecule has 0 spiro atoms. The summed E-state index contributed by atoms with van der Waals surface area (Å²) < 4.78 is 1.21. The Balaban J connectivity index is 0. The fraction of sp³-hybridized carbons (Fsp3) is 0.875. The molecular weight excluding hydrogens is 158 g/mol. The first-order valence-corrected chi connectivity index (χ1v) is 4.17. The van der Waals surface area contributed by atoms with Gasteiger partial charge in [-0.3, -0.25) is 0 Å². The van der Waals surface area contributed by atoms with E-state index in [9.17, 15) is 0 Å². The first kappa shape index (κ1) is 13.8. The van der Waals surface area contributed by atoms with Gasteiger partial charge in [-0.25, -0.2) is 4.79 Å². The summed E-state index contributed by atoms with van der Waals surface area (Å²) in [5.41, 5.74) is 0. The Morgan fingerprint density at radius 3 is 1.25 bits per heavy atom. The number of carbonyl (C=O) groups is 1. The van der Waals surface area contributed by atoms with E-state index in [1.54, 1.807) is 0 Å². The second kappa shape index (κ2) is 6.91. The van der Waals surface area contributed by atoms with Crippen LogP contribution in [0.5, 0.6) is 0 Å². The number of hydrogen-bond acceptors (Lipinski definition) is 1. The second-order valence-corrected chi connectivity index (χ2v) is 2.85. The molecule has 0 radical (unpaired) electrons. The predicted molar refractivity (Wildman–Crippen MR) is 48.5 cm³/mol. The summed E-state index contributed by atoms with van der Waals surface area (Å²) >= 11 is 0. The largest absolute Gasteiger partial charge is 0.503 e. The molecule has 0 unspecified atom stereocenters. The van der Waals surface area contributed by atoms with E-state index in [0.717, 1.165) is 0 Å². The maximum absolute atomic E-state index is 8.56. The number of nitrogens with zero attached hydrogens (tertiary/aromatic N) is 1. The summed E-state index contributed by atoms with van der Waals surface area (Å²) in [4.78, 5) is 8.56. The Kier molecular flexibility index (Phi) is 7.94. The first-order chi connectivity index (χ1) is 5.41. The van der Waals surface area contributed by atoms with Gasteiger partial charge >= 0.3 is 6.16 Å². The van der Waals surface area contributed by atoms with Gasteiger partial charge in [0.15, 0.2) is 0 Å². The normalized spacial score (nSPS) is 10.0. The summed E-state index contributed by atoms with van der Waals surface area (Å²) in [5.74, 6) is 0. The van der Waals surface area contributed by atoms with Gasteiger partial charge in [-0.15, -0.1) is 0 Å². The van der Waals surface area contributed by atoms with Crippen LogP contribution in [0.3, 0.4) is 0 Å². The van der Waals surface area contributed by atoms with Gasteiger partial charge in [-0.05, 0) is 20.8 Å². The van der Waals surface area contributed by atoms with E-state index in [2.05, 4.69) is 27.8 Å². The van der Waals surface area contributed by atoms with Gasteiger partial charge in [0.05, 0.1) is 26.7 Å². The molecule has 0 aromatic heterocycles. The van der Waals surface area contributed by atoms with Crippen LogP contribution in [0.1, 0.15) is 20.8 Å². The number of quaternary nitrogens is 1. The van der Waals surface area contributed by atoms with Crippen LogP contribution in [-0.4, -0.2) is 47.5 Å². The van der Waals surface area contributed by atoms with Crippen LogP contribution in [0.15, 0.2) is 0 Å². The molecule has 12 heavy (non-hydrogen) atoms. The Morgan fingerprint density at radius 2 is 1.25 bits per heavy atom. The summed E-state index contributed by atoms with van der Waals surface area (Å²) in [5, 5.41) is 13.9. The molecule has 0 fully saturated rings. The molecule has 74 valence electrons. The van der Waals surface area contributed by atoms with Crippen molar-refractivity contribution in [2.45, 2.75) is 20.8 Å². The van der Waals surface area contributed by atoms with Crippen molar-refractivity contribution in [2.75, 3.05) is 26.7 Å². The van der Waals surface area contributed by atoms with Gasteiger partial charge in [-0.1, -0.05) is 0 Å². The summed E-state index contributed by atoms with van der Waals surface area (Å²) in [6.07, 6.45) is -1.83. The van der Waals surface area contributed by atoms with Gasteiger partial charge in [0.25, 0.3) is 0 Å². The highest BCUT2D eigenvalue weighted by atomic mass is 16.6. The van der Waals surface area contributed by atoms with Crippen molar-refractivity contribution in [1.29, 1.82) is 0 Å². The predicted octanol–water partition coefficient (Wildman–Crippen LogP) is 1.72. The molecule has 0 atom stereocenters. The van der Waals surface area contributed by atoms with Crippen LogP contribution in [0.4, 0.5) is 4.79 Å². The maximum atomic E-state index is 8.56. The molecule has 4 nitrogen and oxygen atoms in total. The molecule has 0 bridgehead atoms. The fourth-order valence-corrected chi connectivity index (χ4v) is 0.671. The lowest BCUT2D eigenvalue weighted by Gasteiger charge is -2.30. The van der Waals surface area contributed by atoms with Gasteiger partial charge in [-0.2, -0.15) is 0 Å². The molecule has 0 rings (SSSR count). The highest BCUT2D eigenvalue weighted by Crippen LogP contribution is 1.97. The van der Waals surface area contributed by atoms with Crippen molar-refractivity contribution in [3.05, 3.63) is 0 Å². The average Bonchev–Trinajstić information content (AvgIpc) is 2.02. The van der Waals surface area contributed by atoms with E-state index >= 15 is 0 Å². The van der Waals surface area contributed by atoms with E-state index < -0.39 is 6.16 Å². The molecule has 2 N–H and O–H groups in total. The molecule has 0 aliphatic rings. The van der Waals surface area contributed by atoms with Gasteiger partial charge in [0, 0.05) is 0 Å². The minimum atomic E-state index is -1.83. The Labute approximate surface area is 74.0 Å². The molecular formula is C8H20NO3+. The molecule has 0 aliphatic carbocycles. The smallest absolute Gasteiger partial charge is 0.450 e. The lowest BCUT2D eigenvalue weighted by Crippen LogP contribution is -2.42. The average molecular weight is 178 g/mol. The highest BCUT2D eigenvalue weighted by molar-refractivity contribution is 5.53. The zero-order chi connectivity index (χ0) is 10.2. The molecule has 0 heterocycles. The van der Waals surface area contributed by atoms with E-state index in [1.165, 1.54) is 24.1 Å². The topological polar surface area (TPSA) is 57.5 Å². The molecule has 0 aromatic carbocycles. The third-order valence-electron chi connectivity index (χ3n) is 2.29. The van der Waals surface area contributed by atoms with Crippen LogP contribution in [0.2, 0.25) is 0 Å². The van der Waals surface area contributed by atoms with Crippen molar-refractivity contribution in [1.82, 2.24) is 0 Å². The second-order valence-electron chi connectivity index (χ2n) is 2.85. The van der Waals surface area contributed by atoms with Crippen molar-refractivity contribution < 1.29 is 19.5 Å². The minimum Gasteiger partial charge on any atom is -0.450 e.